The van der Waals surface area contributed by atoms with Crippen molar-refractivity contribution < 1.29 is 19.1 Å². The summed E-state index contributed by atoms with van der Waals surface area (Å²) in [4.78, 5) is 37.9. The van der Waals surface area contributed by atoms with Crippen molar-refractivity contribution in [1.29, 1.82) is 0 Å². The molecular weight excluding hydrogens is 470 g/mol. The number of carbonyl (C=O) groups is 2. The summed E-state index contributed by atoms with van der Waals surface area (Å²) in [5.74, 6) is 0.552. The fourth-order valence-electron chi connectivity index (χ4n) is 3.74. The van der Waals surface area contributed by atoms with Crippen LogP contribution in [0.2, 0.25) is 0 Å². The van der Waals surface area contributed by atoms with Gasteiger partial charge in [-0.2, -0.15) is 0 Å². The van der Waals surface area contributed by atoms with Crippen LogP contribution < -0.4 is 20.3 Å². The van der Waals surface area contributed by atoms with Crippen molar-refractivity contribution in [1.82, 2.24) is 9.36 Å². The summed E-state index contributed by atoms with van der Waals surface area (Å²) in [6.07, 6.45) is 3.23. The molecule has 0 atom stereocenters. The van der Waals surface area contributed by atoms with E-state index in [1.807, 2.05) is 54.6 Å². The van der Waals surface area contributed by atoms with E-state index in [1.54, 1.807) is 56.1 Å². The van der Waals surface area contributed by atoms with Crippen LogP contribution in [0, 0.1) is 6.92 Å². The van der Waals surface area contributed by atoms with Gasteiger partial charge >= 0.3 is 0 Å². The number of aromatic nitrogens is 2. The minimum atomic E-state index is -0.464. The predicted octanol–water partition coefficient (Wildman–Crippen LogP) is 4.41. The molecule has 0 aliphatic rings. The highest BCUT2D eigenvalue weighted by atomic mass is 16.5. The number of nitrogens with one attached hydrogen (secondary N) is 1. The number of anilines is 1. The van der Waals surface area contributed by atoms with E-state index in [9.17, 15) is 14.4 Å². The number of ether oxygens (including phenoxy) is 2. The number of carbonyl (C=O) groups excluding carboxylic acids is 2. The van der Waals surface area contributed by atoms with Gasteiger partial charge in [-0.05, 0) is 67.1 Å². The van der Waals surface area contributed by atoms with Gasteiger partial charge in [0, 0.05) is 12.6 Å². The number of para-hydroxylation sites is 1. The Kier molecular flexibility index (Phi) is 7.68. The summed E-state index contributed by atoms with van der Waals surface area (Å²) in [5, 5.41) is 2.66. The zero-order chi connectivity index (χ0) is 26.4. The van der Waals surface area contributed by atoms with Crippen LogP contribution in [0.15, 0.2) is 89.7 Å². The second-order valence-electron chi connectivity index (χ2n) is 8.27. The number of methoxy groups -OCH3 is 1. The van der Waals surface area contributed by atoms with Gasteiger partial charge in [0.2, 0.25) is 0 Å². The van der Waals surface area contributed by atoms with E-state index >= 15 is 0 Å². The highest BCUT2D eigenvalue weighted by Gasteiger charge is 2.18. The van der Waals surface area contributed by atoms with Crippen LogP contribution in [-0.2, 0) is 11.8 Å². The number of hydrogen-bond acceptors (Lipinski definition) is 5. The lowest BCUT2D eigenvalue weighted by Crippen LogP contribution is -2.25. The van der Waals surface area contributed by atoms with Crippen molar-refractivity contribution in [3.63, 3.8) is 0 Å². The molecule has 0 spiro atoms. The highest BCUT2D eigenvalue weighted by Crippen LogP contribution is 2.17. The van der Waals surface area contributed by atoms with E-state index < -0.39 is 5.91 Å². The number of benzene rings is 3. The summed E-state index contributed by atoms with van der Waals surface area (Å²) in [5.41, 5.74) is 2.55. The number of hydrogen-bond donors (Lipinski definition) is 1. The quantitative estimate of drug-likeness (QED) is 0.273. The second-order valence-corrected chi connectivity index (χ2v) is 8.27. The van der Waals surface area contributed by atoms with Crippen LogP contribution in [0.4, 0.5) is 5.69 Å². The largest absolute Gasteiger partial charge is 0.497 e. The Hall–Kier alpha value is -4.85. The first-order chi connectivity index (χ1) is 17.9. The molecule has 0 saturated heterocycles. The Balaban J connectivity index is 1.35. The van der Waals surface area contributed by atoms with Crippen molar-refractivity contribution in [2.75, 3.05) is 19.0 Å². The van der Waals surface area contributed by atoms with Gasteiger partial charge in [-0.25, -0.2) is 4.68 Å². The maximum atomic E-state index is 12.9. The van der Waals surface area contributed by atoms with Gasteiger partial charge in [-0.15, -0.1) is 0 Å². The normalized spacial score (nSPS) is 10.9. The van der Waals surface area contributed by atoms with Crippen molar-refractivity contribution in [3.8, 4) is 17.2 Å². The van der Waals surface area contributed by atoms with Crippen LogP contribution in [0.25, 0.3) is 11.8 Å². The van der Waals surface area contributed by atoms with Gasteiger partial charge in [0.25, 0.3) is 11.5 Å². The number of allylic oxidation sites excluding steroid dienone is 1. The Morgan fingerprint density at radius 2 is 1.57 bits per heavy atom. The molecule has 0 aliphatic heterocycles. The molecule has 3 aromatic carbocycles. The summed E-state index contributed by atoms with van der Waals surface area (Å²) in [6, 6.07) is 23.1. The van der Waals surface area contributed by atoms with Gasteiger partial charge in [0.1, 0.15) is 17.2 Å². The van der Waals surface area contributed by atoms with Crippen LogP contribution in [-0.4, -0.2) is 34.8 Å². The minimum absolute atomic E-state index is 0.158. The summed E-state index contributed by atoms with van der Waals surface area (Å²) >= 11 is 0. The Labute approximate surface area is 214 Å². The van der Waals surface area contributed by atoms with E-state index in [-0.39, 0.29) is 23.6 Å². The molecule has 0 unspecified atom stereocenters. The Morgan fingerprint density at radius 3 is 2.22 bits per heavy atom. The third-order valence-corrected chi connectivity index (χ3v) is 5.87. The molecule has 1 N–H and O–H groups in total. The van der Waals surface area contributed by atoms with Crippen molar-refractivity contribution in [2.24, 2.45) is 7.05 Å². The Bertz CT molecular complexity index is 1480. The maximum absolute atomic E-state index is 12.9. The Morgan fingerprint density at radius 1 is 0.919 bits per heavy atom. The van der Waals surface area contributed by atoms with E-state index in [0.29, 0.717) is 22.7 Å². The molecule has 4 rings (SSSR count). The predicted molar refractivity (Wildman–Crippen MR) is 143 cm³/mol. The smallest absolute Gasteiger partial charge is 0.295 e. The second kappa shape index (κ2) is 11.3. The number of rotatable bonds is 9. The SMILES string of the molecule is COc1ccc(/C=C/C(=O)c2ccc(OCC(=O)Nc3c(C)n(C)n(-c4ccccc4)c3=O)cc2)cc1. The number of ketones is 1. The van der Waals surface area contributed by atoms with E-state index in [2.05, 4.69) is 5.32 Å². The number of amides is 1. The maximum Gasteiger partial charge on any atom is 0.295 e. The van der Waals surface area contributed by atoms with E-state index in [0.717, 1.165) is 11.3 Å². The molecule has 1 heterocycles. The third kappa shape index (κ3) is 5.87. The van der Waals surface area contributed by atoms with Gasteiger partial charge in [0.05, 0.1) is 18.5 Å². The van der Waals surface area contributed by atoms with E-state index in [4.69, 9.17) is 9.47 Å². The molecule has 0 bridgehead atoms. The first-order valence-electron chi connectivity index (χ1n) is 11.6. The van der Waals surface area contributed by atoms with Gasteiger partial charge in [-0.1, -0.05) is 36.4 Å². The van der Waals surface area contributed by atoms with Gasteiger partial charge < -0.3 is 14.8 Å². The van der Waals surface area contributed by atoms with Crippen molar-refractivity contribution in [3.05, 3.63) is 112 Å². The average molecular weight is 498 g/mol. The fraction of sp³-hybridized carbons (Fsp3) is 0.138. The van der Waals surface area contributed by atoms with E-state index in [1.165, 1.54) is 10.8 Å². The van der Waals surface area contributed by atoms with Crippen LogP contribution >= 0.6 is 0 Å². The number of nitrogens with zero attached hydrogens (tertiary/aromatic N) is 2. The van der Waals surface area contributed by atoms with Crippen LogP contribution in [0.1, 0.15) is 21.6 Å². The third-order valence-electron chi connectivity index (χ3n) is 5.87. The lowest BCUT2D eigenvalue weighted by Gasteiger charge is -2.07. The molecule has 0 radical (unpaired) electrons. The standard InChI is InChI=1S/C29H27N3O5/c1-20-28(29(35)32(31(20)2)23-7-5-4-6-8-23)30-27(34)19-37-25-16-12-22(13-17-25)26(33)18-11-21-9-14-24(36-3)15-10-21/h4-18H,19H2,1-3H3,(H,30,34)/b18-11+. The molecule has 37 heavy (non-hydrogen) atoms. The molecule has 0 saturated carbocycles. The molecule has 0 fully saturated rings. The molecule has 8 heteroatoms. The zero-order valence-corrected chi connectivity index (χ0v) is 20.8. The van der Waals surface area contributed by atoms with Crippen LogP contribution in [0.5, 0.6) is 11.5 Å². The lowest BCUT2D eigenvalue weighted by molar-refractivity contribution is -0.118. The average Bonchev–Trinajstić information content (AvgIpc) is 3.14. The summed E-state index contributed by atoms with van der Waals surface area (Å²) < 4.78 is 13.9. The topological polar surface area (TPSA) is 91.6 Å². The van der Waals surface area contributed by atoms with Crippen molar-refractivity contribution in [2.45, 2.75) is 6.92 Å². The molecule has 4 aromatic rings. The van der Waals surface area contributed by atoms with Gasteiger partial charge in [-0.3, -0.25) is 19.1 Å². The van der Waals surface area contributed by atoms with Crippen LogP contribution in [0.3, 0.4) is 0 Å². The first-order valence-corrected chi connectivity index (χ1v) is 11.6. The molecule has 1 amide bonds. The molecule has 1 aromatic heterocycles. The summed E-state index contributed by atoms with van der Waals surface area (Å²) in [7, 11) is 3.35. The first kappa shape index (κ1) is 25.2. The fourth-order valence-corrected chi connectivity index (χ4v) is 3.74. The summed E-state index contributed by atoms with van der Waals surface area (Å²) in [6.45, 7) is 1.47. The molecular formula is C29H27N3O5. The molecule has 0 aliphatic carbocycles. The monoisotopic (exact) mass is 497 g/mol. The van der Waals surface area contributed by atoms with Gasteiger partial charge in [0.15, 0.2) is 12.4 Å². The minimum Gasteiger partial charge on any atom is -0.497 e. The van der Waals surface area contributed by atoms with Crippen molar-refractivity contribution >= 4 is 23.5 Å². The molecule has 8 nitrogen and oxygen atoms in total. The zero-order valence-electron chi connectivity index (χ0n) is 20.8. The molecule has 188 valence electrons. The lowest BCUT2D eigenvalue weighted by atomic mass is 10.1. The highest BCUT2D eigenvalue weighted by molar-refractivity contribution is 6.06.